The van der Waals surface area contributed by atoms with Gasteiger partial charge >= 0.3 is 0 Å². The van der Waals surface area contributed by atoms with E-state index in [0.717, 1.165) is 0 Å². The van der Waals surface area contributed by atoms with E-state index >= 15 is 0 Å². The molecule has 0 saturated carbocycles. The highest BCUT2D eigenvalue weighted by Gasteiger charge is 2.18. The first-order valence-corrected chi connectivity index (χ1v) is 8.35. The molecule has 0 aliphatic heterocycles. The first-order chi connectivity index (χ1) is 9.86. The number of rotatable bonds is 9. The van der Waals surface area contributed by atoms with E-state index in [1.54, 1.807) is 13.1 Å². The molecule has 21 heavy (non-hydrogen) atoms. The van der Waals surface area contributed by atoms with E-state index in [1.807, 2.05) is 13.8 Å². The van der Waals surface area contributed by atoms with Gasteiger partial charge < -0.3 is 10.1 Å². The Hall–Kier alpha value is -1.02. The van der Waals surface area contributed by atoms with Crippen molar-refractivity contribution in [2.45, 2.75) is 25.3 Å². The molecule has 5 nitrogen and oxygen atoms in total. The molecule has 2 N–H and O–H groups in total. The number of sulfonamides is 1. The smallest absolute Gasteiger partial charge is 0.243 e. The van der Waals surface area contributed by atoms with Crippen molar-refractivity contribution in [1.29, 1.82) is 0 Å². The summed E-state index contributed by atoms with van der Waals surface area (Å²) >= 11 is 0. The molecule has 0 radical (unpaired) electrons. The molecule has 0 aromatic heterocycles. The Kier molecular flexibility index (Phi) is 7.24. The summed E-state index contributed by atoms with van der Waals surface area (Å²) < 4.78 is 45.5. The lowest BCUT2D eigenvalue weighted by molar-refractivity contribution is 0.114. The second-order valence-electron chi connectivity index (χ2n) is 5.16. The average molecular weight is 318 g/mol. The van der Waals surface area contributed by atoms with Crippen molar-refractivity contribution in [1.82, 2.24) is 10.0 Å². The largest absolute Gasteiger partial charge is 0.380 e. The Labute approximate surface area is 125 Å². The Morgan fingerprint density at radius 2 is 2.05 bits per heavy atom. The first kappa shape index (κ1) is 18.0. The quantitative estimate of drug-likeness (QED) is 0.677. The SMILES string of the molecule is CNCc1ccc(S(=O)(=O)NCCOCC(C)C)c(F)c1. The lowest BCUT2D eigenvalue weighted by Crippen LogP contribution is -2.28. The van der Waals surface area contributed by atoms with E-state index in [9.17, 15) is 12.8 Å². The minimum atomic E-state index is -3.85. The number of ether oxygens (including phenoxy) is 1. The van der Waals surface area contributed by atoms with Gasteiger partial charge in [0.1, 0.15) is 10.7 Å². The van der Waals surface area contributed by atoms with Crippen molar-refractivity contribution in [3.05, 3.63) is 29.6 Å². The number of nitrogens with one attached hydrogen (secondary N) is 2. The van der Waals surface area contributed by atoms with Crippen molar-refractivity contribution >= 4 is 10.0 Å². The molecular formula is C14H23FN2O3S. The molecule has 0 aliphatic rings. The fourth-order valence-corrected chi connectivity index (χ4v) is 2.79. The average Bonchev–Trinajstić information content (AvgIpc) is 2.38. The molecule has 0 unspecified atom stereocenters. The van der Waals surface area contributed by atoms with E-state index in [4.69, 9.17) is 4.74 Å². The molecule has 0 aliphatic carbocycles. The van der Waals surface area contributed by atoms with Crippen LogP contribution in [0, 0.1) is 11.7 Å². The maximum atomic E-state index is 13.9. The van der Waals surface area contributed by atoms with Crippen LogP contribution in [0.3, 0.4) is 0 Å². The molecular weight excluding hydrogens is 295 g/mol. The molecule has 0 saturated heterocycles. The third-order valence-corrected chi connectivity index (χ3v) is 4.15. The molecule has 7 heteroatoms. The van der Waals surface area contributed by atoms with Crippen LogP contribution in [0.2, 0.25) is 0 Å². The highest BCUT2D eigenvalue weighted by molar-refractivity contribution is 7.89. The van der Waals surface area contributed by atoms with Crippen LogP contribution in [0.4, 0.5) is 4.39 Å². The van der Waals surface area contributed by atoms with Crippen LogP contribution < -0.4 is 10.0 Å². The van der Waals surface area contributed by atoms with E-state index in [2.05, 4.69) is 10.0 Å². The minimum Gasteiger partial charge on any atom is -0.380 e. The van der Waals surface area contributed by atoms with Gasteiger partial charge in [-0.25, -0.2) is 17.5 Å². The molecule has 1 rings (SSSR count). The number of hydrogen-bond donors (Lipinski definition) is 2. The van der Waals surface area contributed by atoms with Gasteiger partial charge in [-0.15, -0.1) is 0 Å². The standard InChI is InChI=1S/C14H23FN2O3S/c1-11(2)10-20-7-6-17-21(18,19)14-5-4-12(9-16-3)8-13(14)15/h4-5,8,11,16-17H,6-7,9-10H2,1-3H3. The Balaban J connectivity index is 2.61. The van der Waals surface area contributed by atoms with Crippen LogP contribution in [0.5, 0.6) is 0 Å². The lowest BCUT2D eigenvalue weighted by Gasteiger charge is -2.10. The first-order valence-electron chi connectivity index (χ1n) is 6.87. The van der Waals surface area contributed by atoms with Gasteiger partial charge in [-0.2, -0.15) is 0 Å². The van der Waals surface area contributed by atoms with Gasteiger partial charge in [-0.1, -0.05) is 19.9 Å². The van der Waals surface area contributed by atoms with Crippen LogP contribution in [0.1, 0.15) is 19.4 Å². The summed E-state index contributed by atoms with van der Waals surface area (Å²) in [5, 5.41) is 2.88. The lowest BCUT2D eigenvalue weighted by atomic mass is 10.2. The normalized spacial score (nSPS) is 12.0. The zero-order chi connectivity index (χ0) is 15.9. The van der Waals surface area contributed by atoms with Crippen LogP contribution in [0.25, 0.3) is 0 Å². The van der Waals surface area contributed by atoms with Gasteiger partial charge in [0.15, 0.2) is 0 Å². The third kappa shape index (κ3) is 6.09. The molecule has 0 fully saturated rings. The molecule has 0 amide bonds. The van der Waals surface area contributed by atoms with Crippen LogP contribution in [0.15, 0.2) is 23.1 Å². The summed E-state index contributed by atoms with van der Waals surface area (Å²) in [5.41, 5.74) is 0.689. The zero-order valence-corrected chi connectivity index (χ0v) is 13.5. The Morgan fingerprint density at radius 1 is 1.33 bits per heavy atom. The maximum absolute atomic E-state index is 13.9. The molecule has 0 spiro atoms. The summed E-state index contributed by atoms with van der Waals surface area (Å²) in [5.74, 6) is -0.364. The maximum Gasteiger partial charge on any atom is 0.243 e. The van der Waals surface area contributed by atoms with E-state index in [0.29, 0.717) is 24.6 Å². The summed E-state index contributed by atoms with van der Waals surface area (Å²) in [6.45, 7) is 5.44. The molecule has 1 aromatic carbocycles. The fourth-order valence-electron chi connectivity index (χ4n) is 1.72. The highest BCUT2D eigenvalue weighted by atomic mass is 32.2. The van der Waals surface area contributed by atoms with Crippen molar-refractivity contribution in [2.24, 2.45) is 5.92 Å². The van der Waals surface area contributed by atoms with Gasteiger partial charge in [0.05, 0.1) is 6.61 Å². The summed E-state index contributed by atoms with van der Waals surface area (Å²) in [6.07, 6.45) is 0. The number of hydrogen-bond acceptors (Lipinski definition) is 4. The molecule has 0 bridgehead atoms. The van der Waals surface area contributed by atoms with Crippen molar-refractivity contribution in [2.75, 3.05) is 26.8 Å². The topological polar surface area (TPSA) is 67.4 Å². The summed E-state index contributed by atoms with van der Waals surface area (Å²) in [4.78, 5) is -0.341. The van der Waals surface area contributed by atoms with E-state index in [-0.39, 0.29) is 18.0 Å². The predicted molar refractivity (Wildman–Crippen MR) is 80.0 cm³/mol. The monoisotopic (exact) mass is 318 g/mol. The molecule has 0 atom stereocenters. The number of halogens is 1. The minimum absolute atomic E-state index is 0.118. The van der Waals surface area contributed by atoms with E-state index < -0.39 is 15.8 Å². The fraction of sp³-hybridized carbons (Fsp3) is 0.571. The Morgan fingerprint density at radius 3 is 2.62 bits per heavy atom. The van der Waals surface area contributed by atoms with Gasteiger partial charge in [0, 0.05) is 19.7 Å². The molecule has 1 aromatic rings. The summed E-state index contributed by atoms with van der Waals surface area (Å²) in [6, 6.07) is 4.09. The second-order valence-corrected chi connectivity index (χ2v) is 6.90. The molecule has 120 valence electrons. The van der Waals surface area contributed by atoms with Crippen LogP contribution >= 0.6 is 0 Å². The second kappa shape index (κ2) is 8.43. The number of benzene rings is 1. The van der Waals surface area contributed by atoms with Gasteiger partial charge in [0.2, 0.25) is 10.0 Å². The van der Waals surface area contributed by atoms with Crippen molar-refractivity contribution in [3.8, 4) is 0 Å². The molecule has 0 heterocycles. The van der Waals surface area contributed by atoms with Gasteiger partial charge in [0.25, 0.3) is 0 Å². The van der Waals surface area contributed by atoms with Crippen molar-refractivity contribution in [3.63, 3.8) is 0 Å². The zero-order valence-electron chi connectivity index (χ0n) is 12.6. The summed E-state index contributed by atoms with van der Waals surface area (Å²) in [7, 11) is -2.11. The van der Waals surface area contributed by atoms with Crippen LogP contribution in [-0.4, -0.2) is 35.2 Å². The van der Waals surface area contributed by atoms with Gasteiger partial charge in [-0.05, 0) is 30.7 Å². The van der Waals surface area contributed by atoms with Gasteiger partial charge in [-0.3, -0.25) is 0 Å². The van der Waals surface area contributed by atoms with E-state index in [1.165, 1.54) is 12.1 Å². The third-order valence-electron chi connectivity index (χ3n) is 2.66. The Bertz CT molecular complexity index is 547. The predicted octanol–water partition coefficient (Wildman–Crippen LogP) is 1.50. The van der Waals surface area contributed by atoms with Crippen LogP contribution in [-0.2, 0) is 21.3 Å². The van der Waals surface area contributed by atoms with Crippen molar-refractivity contribution < 1.29 is 17.5 Å². The highest BCUT2D eigenvalue weighted by Crippen LogP contribution is 2.15.